The van der Waals surface area contributed by atoms with Crippen LogP contribution in [0.3, 0.4) is 0 Å². The van der Waals surface area contributed by atoms with E-state index in [1.165, 1.54) is 11.7 Å². The van der Waals surface area contributed by atoms with Crippen molar-refractivity contribution >= 4 is 34.5 Å². The van der Waals surface area contributed by atoms with Gasteiger partial charge in [-0.3, -0.25) is 0 Å². The highest BCUT2D eigenvalue weighted by Crippen LogP contribution is 2.31. The summed E-state index contributed by atoms with van der Waals surface area (Å²) in [5, 5.41) is 22.7. The van der Waals surface area contributed by atoms with E-state index in [1.54, 1.807) is 16.9 Å². The van der Waals surface area contributed by atoms with Crippen LogP contribution in [0, 0.1) is 5.82 Å². The Bertz CT molecular complexity index is 1660. The Hall–Kier alpha value is -4.41. The van der Waals surface area contributed by atoms with Gasteiger partial charge in [-0.25, -0.2) is 14.2 Å². The lowest BCUT2D eigenvalue weighted by Crippen LogP contribution is -2.02. The molecule has 8 nitrogen and oxygen atoms in total. The van der Waals surface area contributed by atoms with E-state index in [-0.39, 0.29) is 16.4 Å². The number of carboxylic acids is 1. The quantitative estimate of drug-likeness (QED) is 0.197. The fourth-order valence-electron chi connectivity index (χ4n) is 4.17. The number of carbonyl (C=O) groups is 1. The summed E-state index contributed by atoms with van der Waals surface area (Å²) >= 11 is 7.12. The molecule has 5 aromatic rings. The van der Waals surface area contributed by atoms with Gasteiger partial charge in [0.2, 0.25) is 0 Å². The van der Waals surface area contributed by atoms with Crippen LogP contribution in [0.4, 0.5) is 4.39 Å². The molecular weight excluding hydrogens is 539 g/mol. The van der Waals surface area contributed by atoms with Gasteiger partial charge in [-0.2, -0.15) is 4.68 Å². The van der Waals surface area contributed by atoms with Crippen molar-refractivity contribution in [3.63, 3.8) is 0 Å². The predicted molar refractivity (Wildman–Crippen MR) is 149 cm³/mol. The second-order valence-corrected chi connectivity index (χ2v) is 10.0. The summed E-state index contributed by atoms with van der Waals surface area (Å²) in [5.41, 5.74) is 4.24. The molecule has 5 rings (SSSR count). The zero-order valence-electron chi connectivity index (χ0n) is 20.6. The van der Waals surface area contributed by atoms with Gasteiger partial charge in [-0.15, -0.1) is 16.4 Å². The lowest BCUT2D eigenvalue weighted by Gasteiger charge is -2.11. The SMILES string of the molecule is C/C(=C\C=C\C(Cc1ccccc1)c1nc(-c2csc(C(=O)O)c2F)c[nH]1)c1cc(Cl)ccc1-n1cnnn1. The molecule has 2 N–H and O–H groups in total. The first-order valence-corrected chi connectivity index (χ1v) is 13.1. The molecule has 11 heteroatoms. The number of allylic oxidation sites excluding steroid dienone is 4. The van der Waals surface area contributed by atoms with Crippen molar-refractivity contribution in [2.24, 2.45) is 0 Å². The van der Waals surface area contributed by atoms with E-state index in [4.69, 9.17) is 11.6 Å². The van der Waals surface area contributed by atoms with E-state index in [9.17, 15) is 14.3 Å². The molecule has 3 aromatic heterocycles. The van der Waals surface area contributed by atoms with Crippen molar-refractivity contribution in [3.8, 4) is 16.9 Å². The Morgan fingerprint density at radius 2 is 2.08 bits per heavy atom. The number of aromatic carboxylic acids is 1. The van der Waals surface area contributed by atoms with Crippen LogP contribution >= 0.6 is 22.9 Å². The van der Waals surface area contributed by atoms with Crippen molar-refractivity contribution in [1.82, 2.24) is 30.2 Å². The third-order valence-corrected chi connectivity index (χ3v) is 7.30. The van der Waals surface area contributed by atoms with Crippen LogP contribution < -0.4 is 0 Å². The average Bonchev–Trinajstić information content (AvgIpc) is 3.70. The molecule has 0 aliphatic carbocycles. The van der Waals surface area contributed by atoms with Crippen LogP contribution in [0.15, 0.2) is 84.7 Å². The first-order chi connectivity index (χ1) is 18.9. The number of imidazole rings is 1. The molecule has 196 valence electrons. The summed E-state index contributed by atoms with van der Waals surface area (Å²) in [5.74, 6) is -1.60. The van der Waals surface area contributed by atoms with Crippen LogP contribution in [0.5, 0.6) is 0 Å². The number of nitrogens with one attached hydrogen (secondary N) is 1. The standard InChI is InChI=1S/C28H22ClFN6O2S/c1-17(21-13-20(29)10-11-24(21)36-16-32-34-35-36)6-5-9-19(12-18-7-3-2-4-8-18)27-31-14-23(33-27)22-15-39-26(25(22)30)28(37)38/h2-11,13-16,19H,12H2,1H3,(H,31,33)(H,37,38)/b9-5+,17-6+. The minimum absolute atomic E-state index is 0.161. The second-order valence-electron chi connectivity index (χ2n) is 8.72. The van der Waals surface area contributed by atoms with Crippen molar-refractivity contribution < 1.29 is 14.3 Å². The van der Waals surface area contributed by atoms with Gasteiger partial charge in [-0.05, 0) is 53.1 Å². The summed E-state index contributed by atoms with van der Waals surface area (Å²) < 4.78 is 16.3. The molecule has 0 fully saturated rings. The maximum absolute atomic E-state index is 14.7. The number of aromatic amines is 1. The lowest BCUT2D eigenvalue weighted by atomic mass is 9.97. The summed E-state index contributed by atoms with van der Waals surface area (Å²) in [6.07, 6.45) is 9.71. The van der Waals surface area contributed by atoms with Crippen LogP contribution in [0.2, 0.25) is 5.02 Å². The summed E-state index contributed by atoms with van der Waals surface area (Å²) in [6.45, 7) is 1.97. The Kier molecular flexibility index (Phi) is 7.76. The molecule has 3 heterocycles. The minimum Gasteiger partial charge on any atom is -0.477 e. The Morgan fingerprint density at radius 3 is 2.79 bits per heavy atom. The highest BCUT2D eigenvalue weighted by molar-refractivity contribution is 7.12. The molecular formula is C28H22ClFN6O2S. The van der Waals surface area contributed by atoms with Crippen molar-refractivity contribution in [1.29, 1.82) is 0 Å². The zero-order chi connectivity index (χ0) is 27.4. The van der Waals surface area contributed by atoms with E-state index >= 15 is 0 Å². The maximum atomic E-state index is 14.7. The number of thiophene rings is 1. The first-order valence-electron chi connectivity index (χ1n) is 11.9. The summed E-state index contributed by atoms with van der Waals surface area (Å²) in [6, 6.07) is 15.5. The number of nitrogens with zero attached hydrogens (tertiary/aromatic N) is 5. The van der Waals surface area contributed by atoms with Gasteiger partial charge in [0.1, 0.15) is 17.0 Å². The van der Waals surface area contributed by atoms with E-state index in [0.29, 0.717) is 23.0 Å². The number of benzene rings is 2. The number of hydrogen-bond donors (Lipinski definition) is 2. The van der Waals surface area contributed by atoms with Crippen LogP contribution in [-0.4, -0.2) is 41.3 Å². The number of carboxylic acid groups (broad SMARTS) is 1. The summed E-state index contributed by atoms with van der Waals surface area (Å²) in [4.78, 5) is 18.7. The number of aromatic nitrogens is 6. The number of H-pyrrole nitrogens is 1. The molecule has 0 aliphatic heterocycles. The first kappa shape index (κ1) is 26.2. The highest BCUT2D eigenvalue weighted by atomic mass is 35.5. The molecule has 0 saturated carbocycles. The fourth-order valence-corrected chi connectivity index (χ4v) is 5.11. The van der Waals surface area contributed by atoms with Crippen LogP contribution in [0.1, 0.15) is 39.5 Å². The van der Waals surface area contributed by atoms with Crippen molar-refractivity contribution in [2.75, 3.05) is 0 Å². The fraction of sp³-hybridized carbons (Fsp3) is 0.107. The van der Waals surface area contributed by atoms with Crippen molar-refractivity contribution in [2.45, 2.75) is 19.3 Å². The molecule has 0 radical (unpaired) electrons. The Labute approximate surface area is 232 Å². The van der Waals surface area contributed by atoms with Gasteiger partial charge < -0.3 is 10.1 Å². The van der Waals surface area contributed by atoms with E-state index in [2.05, 4.69) is 25.5 Å². The second kappa shape index (κ2) is 11.5. The van der Waals surface area contributed by atoms with Gasteiger partial charge in [0.15, 0.2) is 5.82 Å². The van der Waals surface area contributed by atoms with E-state index in [0.717, 1.165) is 33.7 Å². The molecule has 0 spiro atoms. The average molecular weight is 561 g/mol. The Morgan fingerprint density at radius 1 is 1.26 bits per heavy atom. The van der Waals surface area contributed by atoms with Crippen LogP contribution in [0.25, 0.3) is 22.5 Å². The molecule has 0 amide bonds. The molecule has 0 bridgehead atoms. The zero-order valence-corrected chi connectivity index (χ0v) is 22.2. The third-order valence-electron chi connectivity index (χ3n) is 6.12. The topological polar surface area (TPSA) is 110 Å². The van der Waals surface area contributed by atoms with E-state index < -0.39 is 11.8 Å². The van der Waals surface area contributed by atoms with Gasteiger partial charge in [-0.1, -0.05) is 60.2 Å². The summed E-state index contributed by atoms with van der Waals surface area (Å²) in [7, 11) is 0. The molecule has 1 unspecified atom stereocenters. The maximum Gasteiger partial charge on any atom is 0.348 e. The number of halogens is 2. The normalized spacial score (nSPS) is 12.7. The Balaban J connectivity index is 1.46. The van der Waals surface area contributed by atoms with Gasteiger partial charge in [0, 0.05) is 33.6 Å². The number of tetrazole rings is 1. The monoisotopic (exact) mass is 560 g/mol. The molecule has 39 heavy (non-hydrogen) atoms. The smallest absolute Gasteiger partial charge is 0.348 e. The van der Waals surface area contributed by atoms with Crippen LogP contribution in [-0.2, 0) is 6.42 Å². The molecule has 2 aromatic carbocycles. The number of hydrogen-bond acceptors (Lipinski definition) is 6. The predicted octanol–water partition coefficient (Wildman–Crippen LogP) is 6.59. The molecule has 1 atom stereocenters. The van der Waals surface area contributed by atoms with Gasteiger partial charge in [0.25, 0.3) is 0 Å². The van der Waals surface area contributed by atoms with Crippen molar-refractivity contribution in [3.05, 3.63) is 117 Å². The highest BCUT2D eigenvalue weighted by Gasteiger charge is 2.21. The lowest BCUT2D eigenvalue weighted by molar-refractivity contribution is 0.0698. The third kappa shape index (κ3) is 5.87. The molecule has 0 aliphatic rings. The van der Waals surface area contributed by atoms with E-state index in [1.807, 2.05) is 67.6 Å². The van der Waals surface area contributed by atoms with Gasteiger partial charge >= 0.3 is 5.97 Å². The number of rotatable bonds is 9. The largest absolute Gasteiger partial charge is 0.477 e. The minimum atomic E-state index is -1.30. The van der Waals surface area contributed by atoms with Gasteiger partial charge in [0.05, 0.1) is 11.4 Å². The molecule has 0 saturated heterocycles.